The number of aryl methyl sites for hydroxylation is 1. The van der Waals surface area contributed by atoms with Crippen molar-refractivity contribution >= 4 is 23.2 Å². The summed E-state index contributed by atoms with van der Waals surface area (Å²) in [5, 5.41) is 3.66. The third-order valence-electron chi connectivity index (χ3n) is 4.60. The molecule has 5 heteroatoms. The first-order chi connectivity index (χ1) is 13.0. The van der Waals surface area contributed by atoms with Crippen LogP contribution in [0.5, 0.6) is 5.75 Å². The number of hydrogen-bond donors (Lipinski definition) is 1. The van der Waals surface area contributed by atoms with Crippen LogP contribution < -0.4 is 15.0 Å². The van der Waals surface area contributed by atoms with Gasteiger partial charge in [-0.2, -0.15) is 0 Å². The number of carbonyl (C=O) groups is 1. The molecule has 1 atom stereocenters. The van der Waals surface area contributed by atoms with Crippen LogP contribution in [0.1, 0.15) is 38.3 Å². The number of hydrogen-bond acceptors (Lipinski definition) is 3. The van der Waals surface area contributed by atoms with Crippen molar-refractivity contribution in [3.8, 4) is 5.75 Å². The first kappa shape index (κ1) is 21.1. The van der Waals surface area contributed by atoms with Gasteiger partial charge in [-0.05, 0) is 68.7 Å². The predicted octanol–water partition coefficient (Wildman–Crippen LogP) is 4.97. The van der Waals surface area contributed by atoms with Gasteiger partial charge in [0.15, 0.2) is 6.10 Å². The van der Waals surface area contributed by atoms with Crippen LogP contribution >= 0.6 is 11.6 Å². The van der Waals surface area contributed by atoms with Crippen LogP contribution in [0.4, 0.5) is 5.69 Å². The zero-order chi connectivity index (χ0) is 19.8. The maximum Gasteiger partial charge on any atom is 0.261 e. The number of nitrogens with one attached hydrogen (secondary N) is 1. The fourth-order valence-corrected chi connectivity index (χ4v) is 3.01. The second kappa shape index (κ2) is 10.2. The van der Waals surface area contributed by atoms with E-state index in [0.29, 0.717) is 23.7 Å². The molecule has 0 spiro atoms. The van der Waals surface area contributed by atoms with Gasteiger partial charge in [0.1, 0.15) is 5.75 Å². The second-order valence-electron chi connectivity index (χ2n) is 6.48. The lowest BCUT2D eigenvalue weighted by atomic mass is 10.1. The number of anilines is 1. The minimum atomic E-state index is -0.527. The van der Waals surface area contributed by atoms with Gasteiger partial charge in [-0.15, -0.1) is 0 Å². The molecule has 0 aliphatic heterocycles. The van der Waals surface area contributed by atoms with Crippen LogP contribution in [0.3, 0.4) is 0 Å². The Hall–Kier alpha value is -2.20. The van der Waals surface area contributed by atoms with Gasteiger partial charge in [0.2, 0.25) is 0 Å². The maximum atomic E-state index is 12.5. The number of amides is 1. The lowest BCUT2D eigenvalue weighted by Gasteiger charge is -2.21. The Balaban J connectivity index is 1.93. The summed E-state index contributed by atoms with van der Waals surface area (Å²) in [6, 6.07) is 13.7. The highest BCUT2D eigenvalue weighted by atomic mass is 35.5. The molecule has 0 aliphatic rings. The first-order valence-corrected chi connectivity index (χ1v) is 9.90. The lowest BCUT2D eigenvalue weighted by molar-refractivity contribution is -0.128. The average molecular weight is 389 g/mol. The number of carbonyl (C=O) groups excluding carboxylic acids is 1. The van der Waals surface area contributed by atoms with Gasteiger partial charge in [0.05, 0.1) is 0 Å². The summed E-state index contributed by atoms with van der Waals surface area (Å²) in [6.07, 6.45) is 0.0644. The predicted molar refractivity (Wildman–Crippen MR) is 113 cm³/mol. The van der Waals surface area contributed by atoms with Crippen LogP contribution in [0, 0.1) is 6.92 Å². The van der Waals surface area contributed by atoms with E-state index in [2.05, 4.69) is 48.3 Å². The Kier molecular flexibility index (Phi) is 7.99. The molecule has 2 aromatic carbocycles. The van der Waals surface area contributed by atoms with E-state index in [1.807, 2.05) is 19.9 Å². The van der Waals surface area contributed by atoms with Gasteiger partial charge < -0.3 is 15.0 Å². The normalized spacial score (nSPS) is 11.7. The SMILES string of the molecule is CC[C@H](Oc1ccc(Cl)c(C)c1)C(=O)NCc1ccc(N(CC)CC)cc1. The van der Waals surface area contributed by atoms with Crippen molar-refractivity contribution in [1.82, 2.24) is 5.32 Å². The highest BCUT2D eigenvalue weighted by molar-refractivity contribution is 6.31. The van der Waals surface area contributed by atoms with E-state index < -0.39 is 6.10 Å². The molecule has 0 unspecified atom stereocenters. The van der Waals surface area contributed by atoms with E-state index in [9.17, 15) is 4.79 Å². The largest absolute Gasteiger partial charge is 0.481 e. The molecular weight excluding hydrogens is 360 g/mol. The van der Waals surface area contributed by atoms with Crippen molar-refractivity contribution in [3.05, 3.63) is 58.6 Å². The van der Waals surface area contributed by atoms with Crippen molar-refractivity contribution in [1.29, 1.82) is 0 Å². The minimum Gasteiger partial charge on any atom is -0.481 e. The van der Waals surface area contributed by atoms with Crippen LogP contribution in [0.15, 0.2) is 42.5 Å². The van der Waals surface area contributed by atoms with E-state index in [0.717, 1.165) is 24.2 Å². The average Bonchev–Trinajstić information content (AvgIpc) is 2.68. The number of benzene rings is 2. The van der Waals surface area contributed by atoms with E-state index in [1.165, 1.54) is 5.69 Å². The summed E-state index contributed by atoms with van der Waals surface area (Å²) < 4.78 is 5.85. The number of nitrogens with zero attached hydrogens (tertiary/aromatic N) is 1. The summed E-state index contributed by atoms with van der Waals surface area (Å²) in [4.78, 5) is 14.8. The molecule has 0 saturated carbocycles. The lowest BCUT2D eigenvalue weighted by Crippen LogP contribution is -2.37. The quantitative estimate of drug-likeness (QED) is 0.659. The molecule has 146 valence electrons. The van der Waals surface area contributed by atoms with Gasteiger partial charge in [-0.25, -0.2) is 0 Å². The molecule has 0 aromatic heterocycles. The first-order valence-electron chi connectivity index (χ1n) is 9.52. The number of halogens is 1. The standard InChI is InChI=1S/C22H29ClN2O2/c1-5-21(27-19-12-13-20(23)16(4)14-19)22(26)24-15-17-8-10-18(11-9-17)25(6-2)7-3/h8-14,21H,5-7,15H2,1-4H3,(H,24,26)/t21-/m0/s1. The summed E-state index contributed by atoms with van der Waals surface area (Å²) in [5.74, 6) is 0.542. The van der Waals surface area contributed by atoms with Gasteiger partial charge in [-0.1, -0.05) is 30.7 Å². The topological polar surface area (TPSA) is 41.6 Å². The van der Waals surface area contributed by atoms with Crippen molar-refractivity contribution in [2.75, 3.05) is 18.0 Å². The van der Waals surface area contributed by atoms with Crippen LogP contribution in [0.2, 0.25) is 5.02 Å². The van der Waals surface area contributed by atoms with E-state index >= 15 is 0 Å². The zero-order valence-corrected chi connectivity index (χ0v) is 17.3. The van der Waals surface area contributed by atoms with Gasteiger partial charge in [0.25, 0.3) is 5.91 Å². The highest BCUT2D eigenvalue weighted by Gasteiger charge is 2.18. The monoisotopic (exact) mass is 388 g/mol. The van der Waals surface area contributed by atoms with Crippen LogP contribution in [-0.2, 0) is 11.3 Å². The van der Waals surface area contributed by atoms with Crippen molar-refractivity contribution in [2.24, 2.45) is 0 Å². The Labute approximate surface area is 167 Å². The Morgan fingerprint density at radius 1 is 1.11 bits per heavy atom. The molecule has 4 nitrogen and oxygen atoms in total. The molecular formula is C22H29ClN2O2. The molecule has 2 aromatic rings. The van der Waals surface area contributed by atoms with E-state index in [4.69, 9.17) is 16.3 Å². The smallest absolute Gasteiger partial charge is 0.261 e. The maximum absolute atomic E-state index is 12.5. The van der Waals surface area contributed by atoms with E-state index in [1.54, 1.807) is 12.1 Å². The third-order valence-corrected chi connectivity index (χ3v) is 5.03. The fraction of sp³-hybridized carbons (Fsp3) is 0.409. The summed E-state index contributed by atoms with van der Waals surface area (Å²) >= 11 is 6.04. The number of rotatable bonds is 9. The minimum absolute atomic E-state index is 0.113. The zero-order valence-electron chi connectivity index (χ0n) is 16.6. The van der Waals surface area contributed by atoms with Crippen LogP contribution in [-0.4, -0.2) is 25.1 Å². The molecule has 0 bridgehead atoms. The van der Waals surface area contributed by atoms with Gasteiger partial charge in [-0.3, -0.25) is 4.79 Å². The summed E-state index contributed by atoms with van der Waals surface area (Å²) in [5.41, 5.74) is 3.19. The Bertz CT molecular complexity index is 742. The Morgan fingerprint density at radius 3 is 2.33 bits per heavy atom. The molecule has 1 N–H and O–H groups in total. The molecule has 2 rings (SSSR count). The summed E-state index contributed by atoms with van der Waals surface area (Å²) in [6.45, 7) is 10.6. The Morgan fingerprint density at radius 2 is 1.78 bits per heavy atom. The molecule has 27 heavy (non-hydrogen) atoms. The molecule has 0 heterocycles. The summed E-state index contributed by atoms with van der Waals surface area (Å²) in [7, 11) is 0. The third kappa shape index (κ3) is 5.90. The molecule has 0 aliphatic carbocycles. The van der Waals surface area contributed by atoms with Crippen LogP contribution in [0.25, 0.3) is 0 Å². The fourth-order valence-electron chi connectivity index (χ4n) is 2.89. The van der Waals surface area contributed by atoms with Gasteiger partial charge >= 0.3 is 0 Å². The van der Waals surface area contributed by atoms with Crippen molar-refractivity contribution in [2.45, 2.75) is 46.8 Å². The molecule has 0 saturated heterocycles. The molecule has 1 amide bonds. The van der Waals surface area contributed by atoms with Crippen molar-refractivity contribution in [3.63, 3.8) is 0 Å². The van der Waals surface area contributed by atoms with E-state index in [-0.39, 0.29) is 5.91 Å². The molecule has 0 radical (unpaired) electrons. The number of ether oxygens (including phenoxy) is 1. The van der Waals surface area contributed by atoms with Gasteiger partial charge in [0, 0.05) is 30.3 Å². The highest BCUT2D eigenvalue weighted by Crippen LogP contribution is 2.22. The second-order valence-corrected chi connectivity index (χ2v) is 6.89. The molecule has 0 fully saturated rings. The van der Waals surface area contributed by atoms with Crippen molar-refractivity contribution < 1.29 is 9.53 Å².